The summed E-state index contributed by atoms with van der Waals surface area (Å²) < 4.78 is 6.02. The van der Waals surface area contributed by atoms with E-state index in [-0.39, 0.29) is 4.83 Å². The lowest BCUT2D eigenvalue weighted by atomic mass is 9.91. The molecule has 1 aromatic heterocycles. The van der Waals surface area contributed by atoms with Gasteiger partial charge in [-0.05, 0) is 44.5 Å². The zero-order valence-electron chi connectivity index (χ0n) is 11.1. The summed E-state index contributed by atoms with van der Waals surface area (Å²) in [5.41, 5.74) is 2.34. The maximum atomic E-state index is 10.4. The average molecular weight is 322 g/mol. The van der Waals surface area contributed by atoms with Crippen molar-refractivity contribution in [2.24, 2.45) is 0 Å². The van der Waals surface area contributed by atoms with Crippen LogP contribution in [0.25, 0.3) is 10.9 Å². The number of ether oxygens (including phenoxy) is 1. The minimum Gasteiger partial charge on any atom is -0.486 e. The Morgan fingerprint density at radius 3 is 2.79 bits per heavy atom. The molecule has 3 rings (SSSR count). The molecular formula is C15H16BrNO2. The first-order valence-corrected chi connectivity index (χ1v) is 7.21. The lowest BCUT2D eigenvalue weighted by Gasteiger charge is -2.40. The Kier molecular flexibility index (Phi) is 2.84. The Morgan fingerprint density at radius 1 is 1.32 bits per heavy atom. The zero-order chi connectivity index (χ0) is 13.8. The minimum atomic E-state index is -0.591. The van der Waals surface area contributed by atoms with Crippen molar-refractivity contribution in [3.8, 4) is 5.75 Å². The first-order valence-electron chi connectivity index (χ1n) is 6.30. The summed E-state index contributed by atoms with van der Waals surface area (Å²) in [7, 11) is 0. The van der Waals surface area contributed by atoms with E-state index in [9.17, 15) is 5.11 Å². The average Bonchev–Trinajstić information content (AvgIpc) is 2.34. The Morgan fingerprint density at radius 2 is 2.05 bits per heavy atom. The molecule has 4 heteroatoms. The second-order valence-electron chi connectivity index (χ2n) is 5.65. The van der Waals surface area contributed by atoms with E-state index < -0.39 is 11.7 Å². The van der Waals surface area contributed by atoms with Crippen molar-refractivity contribution in [1.29, 1.82) is 0 Å². The molecule has 0 amide bonds. The van der Waals surface area contributed by atoms with Crippen LogP contribution in [0.15, 0.2) is 24.4 Å². The number of alkyl halides is 1. The number of nitrogens with zero attached hydrogens (tertiary/aromatic N) is 1. The Balaban J connectivity index is 2.22. The van der Waals surface area contributed by atoms with Crippen LogP contribution in [-0.2, 0) is 0 Å². The van der Waals surface area contributed by atoms with Crippen molar-refractivity contribution in [2.75, 3.05) is 0 Å². The molecule has 2 aromatic rings. The molecule has 0 radical (unpaired) electrons. The smallest absolute Gasteiger partial charge is 0.126 e. The summed E-state index contributed by atoms with van der Waals surface area (Å²) in [6, 6.07) is 5.96. The van der Waals surface area contributed by atoms with Gasteiger partial charge < -0.3 is 9.84 Å². The normalized spacial score (nSPS) is 24.9. The molecule has 0 fully saturated rings. The minimum absolute atomic E-state index is 0.143. The number of aryl methyl sites for hydroxylation is 1. The fraction of sp³-hybridized carbons (Fsp3) is 0.400. The number of hydrogen-bond acceptors (Lipinski definition) is 3. The lowest BCUT2D eigenvalue weighted by molar-refractivity contribution is 0.0228. The van der Waals surface area contributed by atoms with Crippen LogP contribution in [0.2, 0.25) is 0 Å². The molecule has 19 heavy (non-hydrogen) atoms. The van der Waals surface area contributed by atoms with Gasteiger partial charge in [0.05, 0.1) is 16.4 Å². The van der Waals surface area contributed by atoms with Crippen molar-refractivity contribution < 1.29 is 9.84 Å². The van der Waals surface area contributed by atoms with Gasteiger partial charge in [0.1, 0.15) is 11.4 Å². The van der Waals surface area contributed by atoms with E-state index in [1.54, 1.807) is 0 Å². The van der Waals surface area contributed by atoms with Gasteiger partial charge in [-0.1, -0.05) is 15.9 Å². The number of fused-ring (bicyclic) bond motifs is 2. The highest BCUT2D eigenvalue weighted by Crippen LogP contribution is 2.44. The summed E-state index contributed by atoms with van der Waals surface area (Å²) in [4.78, 5) is 4.26. The van der Waals surface area contributed by atoms with Crippen LogP contribution < -0.4 is 4.74 Å². The Hall–Kier alpha value is -1.13. The van der Waals surface area contributed by atoms with Crippen molar-refractivity contribution in [1.82, 2.24) is 4.98 Å². The molecule has 0 aliphatic carbocycles. The van der Waals surface area contributed by atoms with E-state index in [0.717, 1.165) is 27.8 Å². The largest absolute Gasteiger partial charge is 0.486 e. The Labute approximate surface area is 120 Å². The van der Waals surface area contributed by atoms with E-state index in [4.69, 9.17) is 4.74 Å². The number of halogens is 1. The zero-order valence-corrected chi connectivity index (χ0v) is 12.7. The summed E-state index contributed by atoms with van der Waals surface area (Å²) in [5.74, 6) is 0.744. The summed E-state index contributed by atoms with van der Waals surface area (Å²) in [6.45, 7) is 5.95. The highest BCUT2D eigenvalue weighted by molar-refractivity contribution is 9.09. The van der Waals surface area contributed by atoms with Crippen LogP contribution in [0.3, 0.4) is 0 Å². The number of aliphatic hydroxyl groups excluding tert-OH is 1. The van der Waals surface area contributed by atoms with Crippen LogP contribution in [0, 0.1) is 6.92 Å². The van der Waals surface area contributed by atoms with Gasteiger partial charge in [-0.3, -0.25) is 4.98 Å². The van der Waals surface area contributed by atoms with Gasteiger partial charge in [-0.2, -0.15) is 0 Å². The van der Waals surface area contributed by atoms with Gasteiger partial charge in [0.2, 0.25) is 0 Å². The van der Waals surface area contributed by atoms with Crippen LogP contribution in [-0.4, -0.2) is 20.5 Å². The molecule has 1 aliphatic heterocycles. The van der Waals surface area contributed by atoms with Crippen molar-refractivity contribution in [2.45, 2.75) is 37.3 Å². The molecule has 1 N–H and O–H groups in total. The van der Waals surface area contributed by atoms with Crippen LogP contribution in [0.1, 0.15) is 31.1 Å². The van der Waals surface area contributed by atoms with Crippen LogP contribution in [0.5, 0.6) is 5.75 Å². The maximum Gasteiger partial charge on any atom is 0.126 e. The first-order chi connectivity index (χ1) is 8.88. The van der Waals surface area contributed by atoms with E-state index in [1.807, 2.05) is 39.1 Å². The summed E-state index contributed by atoms with van der Waals surface area (Å²) in [6.07, 6.45) is 1.24. The molecule has 0 bridgehead atoms. The molecule has 2 unspecified atom stereocenters. The lowest BCUT2D eigenvalue weighted by Crippen LogP contribution is -2.45. The van der Waals surface area contributed by atoms with Gasteiger partial charge in [0, 0.05) is 17.1 Å². The van der Waals surface area contributed by atoms with E-state index >= 15 is 0 Å². The first kappa shape index (κ1) is 12.9. The van der Waals surface area contributed by atoms with Gasteiger partial charge in [-0.15, -0.1) is 0 Å². The number of hydrogen-bond donors (Lipinski definition) is 1. The number of aromatic nitrogens is 1. The number of aliphatic hydroxyl groups is 1. The topological polar surface area (TPSA) is 42.4 Å². The molecule has 3 nitrogen and oxygen atoms in total. The fourth-order valence-corrected chi connectivity index (χ4v) is 2.86. The molecular weight excluding hydrogens is 306 g/mol. The maximum absolute atomic E-state index is 10.4. The third-order valence-electron chi connectivity index (χ3n) is 3.58. The monoisotopic (exact) mass is 321 g/mol. The van der Waals surface area contributed by atoms with Crippen LogP contribution in [0.4, 0.5) is 0 Å². The third-order valence-corrected chi connectivity index (χ3v) is 5.19. The Bertz CT molecular complexity index is 654. The molecule has 1 aromatic carbocycles. The molecule has 100 valence electrons. The van der Waals surface area contributed by atoms with Gasteiger partial charge in [-0.25, -0.2) is 0 Å². The fourth-order valence-electron chi connectivity index (χ4n) is 2.48. The third kappa shape index (κ3) is 2.03. The number of benzene rings is 1. The van der Waals surface area contributed by atoms with Crippen molar-refractivity contribution >= 4 is 26.8 Å². The molecule has 2 heterocycles. The molecule has 0 saturated heterocycles. The molecule has 2 atom stereocenters. The van der Waals surface area contributed by atoms with Crippen molar-refractivity contribution in [3.05, 3.63) is 35.5 Å². The number of rotatable bonds is 0. The van der Waals surface area contributed by atoms with Crippen LogP contribution >= 0.6 is 15.9 Å². The summed E-state index contributed by atoms with van der Waals surface area (Å²) in [5, 5.41) is 11.5. The SMILES string of the molecule is Cc1cnc2cc3c(cc2c1)OC(C)(C)C(Br)C3O. The van der Waals surface area contributed by atoms with Crippen molar-refractivity contribution in [3.63, 3.8) is 0 Å². The molecule has 0 spiro atoms. The number of pyridine rings is 1. The highest BCUT2D eigenvalue weighted by atomic mass is 79.9. The van der Waals surface area contributed by atoms with E-state index in [2.05, 4.69) is 27.0 Å². The molecule has 1 aliphatic rings. The second-order valence-corrected chi connectivity index (χ2v) is 6.63. The van der Waals surface area contributed by atoms with Gasteiger partial charge >= 0.3 is 0 Å². The van der Waals surface area contributed by atoms with Gasteiger partial charge in [0.15, 0.2) is 0 Å². The quantitative estimate of drug-likeness (QED) is 0.755. The standard InChI is InChI=1S/C15H16BrNO2/c1-8-4-9-5-12-10(6-11(9)17-7-8)13(18)14(16)15(2,3)19-12/h4-7,13-14,18H,1-3H3. The summed E-state index contributed by atoms with van der Waals surface area (Å²) >= 11 is 3.53. The van der Waals surface area contributed by atoms with E-state index in [0.29, 0.717) is 0 Å². The predicted octanol–water partition coefficient (Wildman–Crippen LogP) is 3.51. The molecule has 0 saturated carbocycles. The highest BCUT2D eigenvalue weighted by Gasteiger charge is 2.41. The predicted molar refractivity (Wildman–Crippen MR) is 78.9 cm³/mol. The van der Waals surface area contributed by atoms with E-state index in [1.165, 1.54) is 0 Å². The second kappa shape index (κ2) is 4.18. The van der Waals surface area contributed by atoms with Gasteiger partial charge in [0.25, 0.3) is 0 Å².